The van der Waals surface area contributed by atoms with Gasteiger partial charge >= 0.3 is 0 Å². The van der Waals surface area contributed by atoms with Crippen LogP contribution in [0.25, 0.3) is 0 Å². The SMILES string of the molecule is CCSc1ccc(C(=O)c2cccc(CC(C)C)c2)cc1. The van der Waals surface area contributed by atoms with Gasteiger partial charge in [-0.25, -0.2) is 0 Å². The molecule has 0 saturated heterocycles. The van der Waals surface area contributed by atoms with E-state index in [1.54, 1.807) is 11.8 Å². The molecule has 2 heteroatoms. The summed E-state index contributed by atoms with van der Waals surface area (Å²) in [6.07, 6.45) is 1.01. The molecule has 0 N–H and O–H groups in total. The molecule has 110 valence electrons. The van der Waals surface area contributed by atoms with Crippen molar-refractivity contribution < 1.29 is 4.79 Å². The Kier molecular flexibility index (Phi) is 5.63. The first-order chi connectivity index (χ1) is 10.1. The van der Waals surface area contributed by atoms with Crippen LogP contribution in [0.4, 0.5) is 0 Å². The summed E-state index contributed by atoms with van der Waals surface area (Å²) in [4.78, 5) is 13.8. The zero-order valence-corrected chi connectivity index (χ0v) is 13.7. The van der Waals surface area contributed by atoms with Gasteiger partial charge in [0.2, 0.25) is 0 Å². The smallest absolute Gasteiger partial charge is 0.193 e. The summed E-state index contributed by atoms with van der Waals surface area (Å²) in [5, 5.41) is 0. The highest BCUT2D eigenvalue weighted by Crippen LogP contribution is 2.20. The molecule has 0 saturated carbocycles. The van der Waals surface area contributed by atoms with Crippen molar-refractivity contribution in [3.63, 3.8) is 0 Å². The largest absolute Gasteiger partial charge is 0.289 e. The van der Waals surface area contributed by atoms with Crippen LogP contribution in [0.1, 0.15) is 42.3 Å². The Morgan fingerprint density at radius 2 is 1.76 bits per heavy atom. The van der Waals surface area contributed by atoms with Gasteiger partial charge in [0.25, 0.3) is 0 Å². The average Bonchev–Trinajstić information content (AvgIpc) is 2.47. The van der Waals surface area contributed by atoms with Gasteiger partial charge in [-0.2, -0.15) is 0 Å². The van der Waals surface area contributed by atoms with Crippen LogP contribution in [0.3, 0.4) is 0 Å². The number of hydrogen-bond donors (Lipinski definition) is 0. The number of benzene rings is 2. The van der Waals surface area contributed by atoms with Crippen molar-refractivity contribution in [1.29, 1.82) is 0 Å². The Morgan fingerprint density at radius 3 is 2.38 bits per heavy atom. The molecule has 0 heterocycles. The molecule has 0 amide bonds. The van der Waals surface area contributed by atoms with Crippen molar-refractivity contribution in [1.82, 2.24) is 0 Å². The van der Waals surface area contributed by atoms with Crippen LogP contribution in [-0.4, -0.2) is 11.5 Å². The number of ketones is 1. The maximum absolute atomic E-state index is 12.5. The summed E-state index contributed by atoms with van der Waals surface area (Å²) < 4.78 is 0. The Morgan fingerprint density at radius 1 is 1.05 bits per heavy atom. The van der Waals surface area contributed by atoms with Crippen molar-refractivity contribution in [3.05, 3.63) is 65.2 Å². The first-order valence-corrected chi connectivity index (χ1v) is 8.45. The third-order valence-corrected chi connectivity index (χ3v) is 4.15. The highest BCUT2D eigenvalue weighted by atomic mass is 32.2. The summed E-state index contributed by atoms with van der Waals surface area (Å²) in [7, 11) is 0. The number of rotatable bonds is 6. The lowest BCUT2D eigenvalue weighted by atomic mass is 9.97. The quantitative estimate of drug-likeness (QED) is 0.536. The minimum absolute atomic E-state index is 0.105. The first kappa shape index (κ1) is 15.8. The molecule has 0 aliphatic heterocycles. The third-order valence-electron chi connectivity index (χ3n) is 3.26. The lowest BCUT2D eigenvalue weighted by Gasteiger charge is -2.07. The molecule has 2 aromatic carbocycles. The van der Waals surface area contributed by atoms with Crippen molar-refractivity contribution >= 4 is 17.5 Å². The average molecular weight is 298 g/mol. The van der Waals surface area contributed by atoms with Gasteiger partial charge in [-0.15, -0.1) is 11.8 Å². The van der Waals surface area contributed by atoms with E-state index in [0.717, 1.165) is 23.3 Å². The zero-order chi connectivity index (χ0) is 15.2. The molecule has 21 heavy (non-hydrogen) atoms. The fourth-order valence-corrected chi connectivity index (χ4v) is 3.01. The van der Waals surface area contributed by atoms with Gasteiger partial charge in [-0.3, -0.25) is 4.79 Å². The van der Waals surface area contributed by atoms with Crippen LogP contribution >= 0.6 is 11.8 Å². The van der Waals surface area contributed by atoms with E-state index in [4.69, 9.17) is 0 Å². The lowest BCUT2D eigenvalue weighted by molar-refractivity contribution is 0.103. The van der Waals surface area contributed by atoms with Gasteiger partial charge in [0.1, 0.15) is 0 Å². The third kappa shape index (κ3) is 4.47. The van der Waals surface area contributed by atoms with E-state index in [1.807, 2.05) is 42.5 Å². The fraction of sp³-hybridized carbons (Fsp3) is 0.316. The molecule has 0 unspecified atom stereocenters. The van der Waals surface area contributed by atoms with Gasteiger partial charge in [0.15, 0.2) is 5.78 Å². The van der Waals surface area contributed by atoms with E-state index in [1.165, 1.54) is 10.5 Å². The topological polar surface area (TPSA) is 17.1 Å². The molecule has 0 atom stereocenters. The maximum atomic E-state index is 12.5. The van der Waals surface area contributed by atoms with Crippen LogP contribution in [0.2, 0.25) is 0 Å². The molecule has 0 spiro atoms. The number of thioether (sulfide) groups is 1. The molecule has 0 aromatic heterocycles. The zero-order valence-electron chi connectivity index (χ0n) is 12.9. The summed E-state index contributed by atoms with van der Waals surface area (Å²) in [5.41, 5.74) is 2.77. The monoisotopic (exact) mass is 298 g/mol. The van der Waals surface area contributed by atoms with Gasteiger partial charge in [-0.1, -0.05) is 39.0 Å². The Labute approximate surface area is 131 Å². The molecule has 0 bridgehead atoms. The molecular weight excluding hydrogens is 276 g/mol. The predicted octanol–water partition coefficient (Wildman–Crippen LogP) is 5.23. The van der Waals surface area contributed by atoms with Crippen molar-refractivity contribution in [2.75, 3.05) is 5.75 Å². The standard InChI is InChI=1S/C19H22OS/c1-4-21-18-10-8-16(9-11-18)19(20)17-7-5-6-15(13-17)12-14(2)3/h5-11,13-14H,4,12H2,1-3H3. The Balaban J connectivity index is 2.19. The van der Waals surface area contributed by atoms with Crippen LogP contribution < -0.4 is 0 Å². The van der Waals surface area contributed by atoms with E-state index in [9.17, 15) is 4.79 Å². The minimum Gasteiger partial charge on any atom is -0.289 e. The van der Waals surface area contributed by atoms with E-state index < -0.39 is 0 Å². The van der Waals surface area contributed by atoms with Crippen molar-refractivity contribution in [2.24, 2.45) is 5.92 Å². The van der Waals surface area contributed by atoms with Crippen LogP contribution in [0.5, 0.6) is 0 Å². The Bertz CT molecular complexity index is 599. The maximum Gasteiger partial charge on any atom is 0.193 e. The number of carbonyl (C=O) groups excluding carboxylic acids is 1. The van der Waals surface area contributed by atoms with Gasteiger partial charge < -0.3 is 0 Å². The first-order valence-electron chi connectivity index (χ1n) is 7.46. The van der Waals surface area contributed by atoms with E-state index in [-0.39, 0.29) is 5.78 Å². The van der Waals surface area contributed by atoms with Crippen molar-refractivity contribution in [2.45, 2.75) is 32.1 Å². The van der Waals surface area contributed by atoms with Gasteiger partial charge in [0.05, 0.1) is 0 Å². The Hall–Kier alpha value is -1.54. The summed E-state index contributed by atoms with van der Waals surface area (Å²) in [6.45, 7) is 6.52. The van der Waals surface area contributed by atoms with Crippen LogP contribution in [0, 0.1) is 5.92 Å². The predicted molar refractivity (Wildman–Crippen MR) is 91.3 cm³/mol. The second kappa shape index (κ2) is 7.46. The van der Waals surface area contributed by atoms with Gasteiger partial charge in [-0.05, 0) is 54.0 Å². The number of carbonyl (C=O) groups is 1. The van der Waals surface area contributed by atoms with Crippen LogP contribution in [-0.2, 0) is 6.42 Å². The molecule has 1 nitrogen and oxygen atoms in total. The minimum atomic E-state index is 0.105. The molecule has 2 aromatic rings. The molecular formula is C19H22OS. The molecule has 0 radical (unpaired) electrons. The normalized spacial score (nSPS) is 10.9. The van der Waals surface area contributed by atoms with Gasteiger partial charge in [0, 0.05) is 16.0 Å². The summed E-state index contributed by atoms with van der Waals surface area (Å²) in [5.74, 6) is 1.75. The van der Waals surface area contributed by atoms with E-state index >= 15 is 0 Å². The van der Waals surface area contributed by atoms with E-state index in [2.05, 4.69) is 26.8 Å². The second-order valence-electron chi connectivity index (χ2n) is 5.58. The highest BCUT2D eigenvalue weighted by molar-refractivity contribution is 7.99. The fourth-order valence-electron chi connectivity index (χ4n) is 2.35. The summed E-state index contributed by atoms with van der Waals surface area (Å²) in [6, 6.07) is 15.9. The lowest BCUT2D eigenvalue weighted by Crippen LogP contribution is -2.03. The number of hydrogen-bond acceptors (Lipinski definition) is 2. The van der Waals surface area contributed by atoms with Crippen molar-refractivity contribution in [3.8, 4) is 0 Å². The molecule has 0 aliphatic rings. The summed E-state index contributed by atoms with van der Waals surface area (Å²) >= 11 is 1.79. The second-order valence-corrected chi connectivity index (χ2v) is 6.92. The van der Waals surface area contributed by atoms with E-state index in [0.29, 0.717) is 5.92 Å². The van der Waals surface area contributed by atoms with Crippen LogP contribution in [0.15, 0.2) is 53.4 Å². The molecule has 0 aliphatic carbocycles. The highest BCUT2D eigenvalue weighted by Gasteiger charge is 2.10. The molecule has 2 rings (SSSR count). The molecule has 0 fully saturated rings.